The van der Waals surface area contributed by atoms with Gasteiger partial charge < -0.3 is 0 Å². The second-order valence-electron chi connectivity index (χ2n) is 9.71. The van der Waals surface area contributed by atoms with Gasteiger partial charge in [-0.15, -0.1) is 11.3 Å². The van der Waals surface area contributed by atoms with Crippen LogP contribution < -0.4 is 0 Å². The fourth-order valence-corrected chi connectivity index (χ4v) is 7.22. The molecule has 0 bridgehead atoms. The third-order valence-corrected chi connectivity index (χ3v) is 8.88. The first-order valence-electron chi connectivity index (χ1n) is 12.7. The number of aryl methyl sites for hydroxylation is 1. The molecule has 0 saturated heterocycles. The lowest BCUT2D eigenvalue weighted by molar-refractivity contribution is 1.01. The second kappa shape index (κ2) is 8.09. The Kier molecular flexibility index (Phi) is 4.55. The van der Waals surface area contributed by atoms with Crippen molar-refractivity contribution in [3.8, 4) is 22.3 Å². The smallest absolute Gasteiger partial charge is 0.0971 e. The molecule has 1 aliphatic carbocycles. The summed E-state index contributed by atoms with van der Waals surface area (Å²) in [7, 11) is 0. The molecule has 0 amide bonds. The molecule has 0 fully saturated rings. The van der Waals surface area contributed by atoms with E-state index < -0.39 is 0 Å². The zero-order valence-corrected chi connectivity index (χ0v) is 20.9. The molecule has 0 saturated carbocycles. The Morgan fingerprint density at radius 3 is 2.22 bits per heavy atom. The van der Waals surface area contributed by atoms with Crippen molar-refractivity contribution in [1.82, 2.24) is 9.97 Å². The van der Waals surface area contributed by atoms with E-state index in [9.17, 15) is 0 Å². The van der Waals surface area contributed by atoms with Crippen LogP contribution in [0, 0.1) is 0 Å². The van der Waals surface area contributed by atoms with Crippen molar-refractivity contribution >= 4 is 60.1 Å². The maximum Gasteiger partial charge on any atom is 0.0971 e. The summed E-state index contributed by atoms with van der Waals surface area (Å²) >= 11 is 1.93. The highest BCUT2D eigenvalue weighted by molar-refractivity contribution is 7.20. The molecule has 5 aromatic carbocycles. The van der Waals surface area contributed by atoms with Gasteiger partial charge in [-0.05, 0) is 75.0 Å². The highest BCUT2D eigenvalue weighted by Gasteiger charge is 2.16. The lowest BCUT2D eigenvalue weighted by Crippen LogP contribution is -1.89. The number of fused-ring (bicyclic) bond motifs is 9. The van der Waals surface area contributed by atoms with Crippen LogP contribution in [0.1, 0.15) is 16.9 Å². The number of rotatable bonds is 2. The number of nitrogens with zero attached hydrogens (tertiary/aromatic N) is 2. The molecule has 1 aliphatic rings. The van der Waals surface area contributed by atoms with Crippen LogP contribution in [0.15, 0.2) is 103 Å². The number of aromatic nitrogens is 2. The Balaban J connectivity index is 1.32. The molecule has 37 heavy (non-hydrogen) atoms. The number of benzene rings is 5. The number of hydrogen-bond donors (Lipinski definition) is 0. The highest BCUT2D eigenvalue weighted by Crippen LogP contribution is 2.42. The first-order chi connectivity index (χ1) is 18.3. The van der Waals surface area contributed by atoms with Gasteiger partial charge in [0.05, 0.1) is 11.0 Å². The fraction of sp³-hybridized carbons (Fsp3) is 0.0588. The lowest BCUT2D eigenvalue weighted by Gasteiger charge is -2.12. The minimum atomic E-state index is 0.957. The van der Waals surface area contributed by atoms with Crippen molar-refractivity contribution in [2.24, 2.45) is 0 Å². The Bertz CT molecular complexity index is 2010. The Morgan fingerprint density at radius 2 is 1.32 bits per heavy atom. The molecule has 2 nitrogen and oxygen atoms in total. The van der Waals surface area contributed by atoms with Gasteiger partial charge in [0.2, 0.25) is 0 Å². The number of allylic oxidation sites excluding steroid dienone is 1. The summed E-state index contributed by atoms with van der Waals surface area (Å²) in [5, 5.41) is 6.13. The Labute approximate surface area is 218 Å². The molecule has 2 aromatic heterocycles. The van der Waals surface area contributed by atoms with E-state index in [1.54, 1.807) is 12.4 Å². The molecule has 2 heterocycles. The largest absolute Gasteiger partial charge is 0.252 e. The average Bonchev–Trinajstić information content (AvgIpc) is 3.36. The molecule has 0 radical (unpaired) electrons. The zero-order chi connectivity index (χ0) is 24.3. The normalized spacial score (nSPS) is 13.1. The van der Waals surface area contributed by atoms with Crippen LogP contribution >= 0.6 is 11.3 Å². The van der Waals surface area contributed by atoms with Crippen molar-refractivity contribution in [3.05, 3.63) is 114 Å². The molecule has 0 spiro atoms. The average molecular weight is 491 g/mol. The van der Waals surface area contributed by atoms with E-state index in [4.69, 9.17) is 4.98 Å². The molecule has 8 rings (SSSR count). The van der Waals surface area contributed by atoms with Gasteiger partial charge in [-0.25, -0.2) is 0 Å². The van der Waals surface area contributed by atoms with Crippen LogP contribution in [0.2, 0.25) is 0 Å². The summed E-state index contributed by atoms with van der Waals surface area (Å²) in [6, 6.07) is 31.0. The van der Waals surface area contributed by atoms with E-state index >= 15 is 0 Å². The van der Waals surface area contributed by atoms with Crippen LogP contribution in [-0.4, -0.2) is 9.97 Å². The van der Waals surface area contributed by atoms with Gasteiger partial charge >= 0.3 is 0 Å². The Morgan fingerprint density at radius 1 is 0.595 bits per heavy atom. The summed E-state index contributed by atoms with van der Waals surface area (Å²) in [5.41, 5.74) is 8.45. The summed E-state index contributed by atoms with van der Waals surface area (Å²) in [4.78, 5) is 10.8. The van der Waals surface area contributed by atoms with E-state index in [1.165, 1.54) is 53.6 Å². The maximum atomic E-state index is 4.71. The van der Waals surface area contributed by atoms with Crippen LogP contribution in [0.5, 0.6) is 0 Å². The molecule has 0 atom stereocenters. The molecule has 174 valence electrons. The van der Waals surface area contributed by atoms with Crippen molar-refractivity contribution < 1.29 is 0 Å². The monoisotopic (exact) mass is 490 g/mol. The molecule has 0 N–H and O–H groups in total. The van der Waals surface area contributed by atoms with Crippen molar-refractivity contribution in [3.63, 3.8) is 0 Å². The standard InChI is InChI=1S/C34H22N2S/c1-2-11-27-25(9-1)30-20-22(15-16-28(30)33-32(27)35-17-18-36-33)21-7-5-8-23(19-21)24-12-6-13-29-26-10-3-4-14-31(26)37-34(24)29/h1-2,4-9,11-20H,3,10H2. The van der Waals surface area contributed by atoms with E-state index in [0.717, 1.165) is 34.6 Å². The maximum absolute atomic E-state index is 4.71. The van der Waals surface area contributed by atoms with Gasteiger partial charge in [0, 0.05) is 32.7 Å². The van der Waals surface area contributed by atoms with Gasteiger partial charge in [0.25, 0.3) is 0 Å². The van der Waals surface area contributed by atoms with Crippen LogP contribution in [0.3, 0.4) is 0 Å². The van der Waals surface area contributed by atoms with E-state index in [1.807, 2.05) is 11.3 Å². The molecule has 0 unspecified atom stereocenters. The van der Waals surface area contributed by atoms with Crippen LogP contribution in [-0.2, 0) is 6.42 Å². The molecular formula is C34H22N2S. The summed E-state index contributed by atoms with van der Waals surface area (Å²) in [6.45, 7) is 0. The van der Waals surface area contributed by atoms with Gasteiger partial charge in [0.1, 0.15) is 0 Å². The van der Waals surface area contributed by atoms with Crippen molar-refractivity contribution in [1.29, 1.82) is 0 Å². The third-order valence-electron chi connectivity index (χ3n) is 7.63. The van der Waals surface area contributed by atoms with Gasteiger partial charge in [-0.3, -0.25) is 9.97 Å². The fourth-order valence-electron chi connectivity index (χ4n) is 5.90. The van der Waals surface area contributed by atoms with Crippen molar-refractivity contribution in [2.75, 3.05) is 0 Å². The minimum absolute atomic E-state index is 0.957. The quantitative estimate of drug-likeness (QED) is 0.226. The Hall–Kier alpha value is -4.34. The molecular weight excluding hydrogens is 468 g/mol. The minimum Gasteiger partial charge on any atom is -0.252 e. The topological polar surface area (TPSA) is 25.8 Å². The first kappa shape index (κ1) is 20.8. The third kappa shape index (κ3) is 3.18. The lowest BCUT2D eigenvalue weighted by atomic mass is 9.93. The molecule has 0 aliphatic heterocycles. The van der Waals surface area contributed by atoms with E-state index in [-0.39, 0.29) is 0 Å². The summed E-state index contributed by atoms with van der Waals surface area (Å²) in [5.74, 6) is 0. The summed E-state index contributed by atoms with van der Waals surface area (Å²) < 4.78 is 1.39. The number of thiophene rings is 1. The van der Waals surface area contributed by atoms with Crippen LogP contribution in [0.4, 0.5) is 0 Å². The van der Waals surface area contributed by atoms with E-state index in [2.05, 4.69) is 102 Å². The zero-order valence-electron chi connectivity index (χ0n) is 20.1. The molecule has 7 aromatic rings. The predicted octanol–water partition coefficient (Wildman–Crippen LogP) is 9.44. The van der Waals surface area contributed by atoms with Gasteiger partial charge in [-0.1, -0.05) is 78.9 Å². The summed E-state index contributed by atoms with van der Waals surface area (Å²) in [6.07, 6.45) is 10.4. The van der Waals surface area contributed by atoms with Crippen LogP contribution in [0.25, 0.3) is 71.0 Å². The van der Waals surface area contributed by atoms with Crippen molar-refractivity contribution in [2.45, 2.75) is 12.8 Å². The van der Waals surface area contributed by atoms with E-state index in [0.29, 0.717) is 0 Å². The second-order valence-corrected chi connectivity index (χ2v) is 10.8. The highest BCUT2D eigenvalue weighted by atomic mass is 32.1. The SMILES string of the molecule is C1=Cc2sc3c(-c4cccc(-c5ccc6c(c5)c5ccccc5c5nccnc65)c4)cccc3c2CC1. The first-order valence-corrected chi connectivity index (χ1v) is 13.5. The molecule has 3 heteroatoms. The number of hydrogen-bond acceptors (Lipinski definition) is 3. The predicted molar refractivity (Wildman–Crippen MR) is 158 cm³/mol. The van der Waals surface area contributed by atoms with Gasteiger partial charge in [-0.2, -0.15) is 0 Å². The van der Waals surface area contributed by atoms with Gasteiger partial charge in [0.15, 0.2) is 0 Å².